The lowest BCUT2D eigenvalue weighted by atomic mass is 9.90. The molecule has 0 aromatic heterocycles. The second-order valence-electron chi connectivity index (χ2n) is 3.90. The molecule has 1 N–H and O–H groups in total. The van der Waals surface area contributed by atoms with Crippen molar-refractivity contribution in [1.82, 2.24) is 5.32 Å². The van der Waals surface area contributed by atoms with Gasteiger partial charge in [-0.1, -0.05) is 19.4 Å². The summed E-state index contributed by atoms with van der Waals surface area (Å²) in [7, 11) is 0. The SMILES string of the molecule is C=CCCC(C)C1CCCCN1. The van der Waals surface area contributed by atoms with E-state index < -0.39 is 0 Å². The molecule has 1 fully saturated rings. The lowest BCUT2D eigenvalue weighted by molar-refractivity contribution is 0.299. The Bertz CT molecular complexity index is 125. The van der Waals surface area contributed by atoms with Gasteiger partial charge in [-0.15, -0.1) is 6.58 Å². The molecular formula is C11H21N. The Labute approximate surface area is 76.2 Å². The lowest BCUT2D eigenvalue weighted by Gasteiger charge is -2.28. The van der Waals surface area contributed by atoms with E-state index in [1.807, 2.05) is 6.08 Å². The molecule has 0 bridgehead atoms. The lowest BCUT2D eigenvalue weighted by Crippen LogP contribution is -2.38. The molecule has 1 heteroatoms. The van der Waals surface area contributed by atoms with E-state index in [-0.39, 0.29) is 0 Å². The highest BCUT2D eigenvalue weighted by Gasteiger charge is 2.18. The Morgan fingerprint density at radius 1 is 1.58 bits per heavy atom. The van der Waals surface area contributed by atoms with E-state index in [1.54, 1.807) is 0 Å². The van der Waals surface area contributed by atoms with Gasteiger partial charge in [0.25, 0.3) is 0 Å². The standard InChI is InChI=1S/C11H21N/c1-3-4-7-10(2)11-8-5-6-9-12-11/h3,10-12H,1,4-9H2,2H3. The topological polar surface area (TPSA) is 12.0 Å². The van der Waals surface area contributed by atoms with Gasteiger partial charge in [-0.2, -0.15) is 0 Å². The van der Waals surface area contributed by atoms with Crippen molar-refractivity contribution in [3.05, 3.63) is 12.7 Å². The Kier molecular flexibility index (Phi) is 4.37. The summed E-state index contributed by atoms with van der Waals surface area (Å²) in [6.45, 7) is 7.34. The van der Waals surface area contributed by atoms with E-state index in [0.717, 1.165) is 12.0 Å². The highest BCUT2D eigenvalue weighted by atomic mass is 14.9. The second-order valence-corrected chi connectivity index (χ2v) is 3.90. The molecular weight excluding hydrogens is 146 g/mol. The van der Waals surface area contributed by atoms with Crippen molar-refractivity contribution in [2.24, 2.45) is 5.92 Å². The minimum atomic E-state index is 0.777. The molecule has 1 aliphatic rings. The Balaban J connectivity index is 2.19. The van der Waals surface area contributed by atoms with Crippen LogP contribution in [-0.4, -0.2) is 12.6 Å². The highest BCUT2D eigenvalue weighted by Crippen LogP contribution is 2.18. The van der Waals surface area contributed by atoms with Gasteiger partial charge >= 0.3 is 0 Å². The van der Waals surface area contributed by atoms with Crippen LogP contribution in [0.3, 0.4) is 0 Å². The predicted octanol–water partition coefficient (Wildman–Crippen LogP) is 2.73. The zero-order valence-corrected chi connectivity index (χ0v) is 8.18. The number of hydrogen-bond acceptors (Lipinski definition) is 1. The van der Waals surface area contributed by atoms with Crippen molar-refractivity contribution in [3.63, 3.8) is 0 Å². The van der Waals surface area contributed by atoms with E-state index in [0.29, 0.717) is 0 Å². The molecule has 0 aliphatic carbocycles. The molecule has 1 rings (SSSR count). The number of rotatable bonds is 4. The minimum absolute atomic E-state index is 0.777. The number of piperidine rings is 1. The van der Waals surface area contributed by atoms with Gasteiger partial charge in [0.15, 0.2) is 0 Å². The first-order chi connectivity index (χ1) is 5.84. The Hall–Kier alpha value is -0.300. The molecule has 1 aliphatic heterocycles. The van der Waals surface area contributed by atoms with E-state index in [9.17, 15) is 0 Å². The van der Waals surface area contributed by atoms with Crippen molar-refractivity contribution in [3.8, 4) is 0 Å². The van der Waals surface area contributed by atoms with E-state index >= 15 is 0 Å². The monoisotopic (exact) mass is 167 g/mol. The van der Waals surface area contributed by atoms with Crippen LogP contribution in [0.1, 0.15) is 39.0 Å². The zero-order valence-electron chi connectivity index (χ0n) is 8.18. The van der Waals surface area contributed by atoms with E-state index in [4.69, 9.17) is 0 Å². The third-order valence-electron chi connectivity index (χ3n) is 2.86. The molecule has 0 aromatic rings. The van der Waals surface area contributed by atoms with Crippen molar-refractivity contribution in [1.29, 1.82) is 0 Å². The second kappa shape index (κ2) is 5.36. The molecule has 1 heterocycles. The third-order valence-corrected chi connectivity index (χ3v) is 2.86. The molecule has 0 aromatic carbocycles. The average molecular weight is 167 g/mol. The average Bonchev–Trinajstić information content (AvgIpc) is 2.15. The number of allylic oxidation sites excluding steroid dienone is 1. The van der Waals surface area contributed by atoms with Gasteiger partial charge in [0.1, 0.15) is 0 Å². The van der Waals surface area contributed by atoms with Crippen LogP contribution in [0.15, 0.2) is 12.7 Å². The van der Waals surface area contributed by atoms with Crippen molar-refractivity contribution < 1.29 is 0 Å². The summed E-state index contributed by atoms with van der Waals surface area (Å²) >= 11 is 0. The normalized spacial score (nSPS) is 26.6. The van der Waals surface area contributed by atoms with Crippen LogP contribution in [0, 0.1) is 5.92 Å². The van der Waals surface area contributed by atoms with Crippen LogP contribution < -0.4 is 5.32 Å². The van der Waals surface area contributed by atoms with Crippen LogP contribution in [0.5, 0.6) is 0 Å². The van der Waals surface area contributed by atoms with Crippen LogP contribution in [0.4, 0.5) is 0 Å². The minimum Gasteiger partial charge on any atom is -0.314 e. The van der Waals surface area contributed by atoms with Gasteiger partial charge < -0.3 is 5.32 Å². The van der Waals surface area contributed by atoms with Crippen LogP contribution in [0.25, 0.3) is 0 Å². The zero-order chi connectivity index (χ0) is 8.81. The maximum absolute atomic E-state index is 3.76. The Morgan fingerprint density at radius 3 is 3.00 bits per heavy atom. The highest BCUT2D eigenvalue weighted by molar-refractivity contribution is 4.79. The molecule has 2 atom stereocenters. The van der Waals surface area contributed by atoms with Crippen molar-refractivity contribution in [2.75, 3.05) is 6.54 Å². The first kappa shape index (κ1) is 9.79. The van der Waals surface area contributed by atoms with E-state index in [2.05, 4.69) is 18.8 Å². The fourth-order valence-electron chi connectivity index (χ4n) is 1.95. The third kappa shape index (κ3) is 2.98. The maximum atomic E-state index is 3.76. The summed E-state index contributed by atoms with van der Waals surface area (Å²) in [5.41, 5.74) is 0. The van der Waals surface area contributed by atoms with Crippen molar-refractivity contribution in [2.45, 2.75) is 45.1 Å². The molecule has 1 saturated heterocycles. The molecule has 70 valence electrons. The molecule has 2 unspecified atom stereocenters. The quantitative estimate of drug-likeness (QED) is 0.635. The summed E-state index contributed by atoms with van der Waals surface area (Å²) in [6, 6.07) is 0.777. The fourth-order valence-corrected chi connectivity index (χ4v) is 1.95. The van der Waals surface area contributed by atoms with Gasteiger partial charge in [-0.3, -0.25) is 0 Å². The summed E-state index contributed by atoms with van der Waals surface area (Å²) in [4.78, 5) is 0. The van der Waals surface area contributed by atoms with Gasteiger partial charge in [0, 0.05) is 6.04 Å². The predicted molar refractivity (Wildman–Crippen MR) is 54.2 cm³/mol. The molecule has 1 nitrogen and oxygen atoms in total. The molecule has 0 spiro atoms. The molecule has 0 saturated carbocycles. The summed E-state index contributed by atoms with van der Waals surface area (Å²) in [5, 5.41) is 3.59. The summed E-state index contributed by atoms with van der Waals surface area (Å²) in [5.74, 6) is 0.822. The van der Waals surface area contributed by atoms with Crippen LogP contribution in [-0.2, 0) is 0 Å². The smallest absolute Gasteiger partial charge is 0.00928 e. The first-order valence-electron chi connectivity index (χ1n) is 5.19. The molecule has 0 radical (unpaired) electrons. The number of nitrogens with one attached hydrogen (secondary N) is 1. The molecule has 12 heavy (non-hydrogen) atoms. The Morgan fingerprint density at radius 2 is 2.42 bits per heavy atom. The van der Waals surface area contributed by atoms with Gasteiger partial charge in [-0.25, -0.2) is 0 Å². The van der Waals surface area contributed by atoms with Gasteiger partial charge in [-0.05, 0) is 38.1 Å². The van der Waals surface area contributed by atoms with Crippen LogP contribution >= 0.6 is 0 Å². The molecule has 0 amide bonds. The summed E-state index contributed by atoms with van der Waals surface area (Å²) < 4.78 is 0. The maximum Gasteiger partial charge on any atom is 0.00928 e. The van der Waals surface area contributed by atoms with Crippen molar-refractivity contribution >= 4 is 0 Å². The summed E-state index contributed by atoms with van der Waals surface area (Å²) in [6.07, 6.45) is 8.64. The first-order valence-corrected chi connectivity index (χ1v) is 5.19. The van der Waals surface area contributed by atoms with Crippen LogP contribution in [0.2, 0.25) is 0 Å². The largest absolute Gasteiger partial charge is 0.314 e. The number of hydrogen-bond donors (Lipinski definition) is 1. The van der Waals surface area contributed by atoms with E-state index in [1.165, 1.54) is 38.6 Å². The fraction of sp³-hybridized carbons (Fsp3) is 0.818. The van der Waals surface area contributed by atoms with Gasteiger partial charge in [0.2, 0.25) is 0 Å². The van der Waals surface area contributed by atoms with Gasteiger partial charge in [0.05, 0.1) is 0 Å².